The van der Waals surface area contributed by atoms with Gasteiger partial charge in [0.15, 0.2) is 6.10 Å². The summed E-state index contributed by atoms with van der Waals surface area (Å²) in [7, 11) is 0. The Labute approximate surface area is 84.8 Å². The topological polar surface area (TPSA) is 90.9 Å². The zero-order chi connectivity index (χ0) is 12.1. The summed E-state index contributed by atoms with van der Waals surface area (Å²) in [6.45, 7) is 0.935. The predicted molar refractivity (Wildman–Crippen MR) is 47.6 cm³/mol. The number of nitrogens with one attached hydrogen (secondary N) is 1. The third-order valence-corrected chi connectivity index (χ3v) is 1.68. The molecule has 0 spiro atoms. The zero-order valence-electron chi connectivity index (χ0n) is 8.12. The molecule has 0 aromatic rings. The van der Waals surface area contributed by atoms with Gasteiger partial charge < -0.3 is 21.4 Å². The lowest BCUT2D eigenvalue weighted by Crippen LogP contribution is -2.42. The highest BCUT2D eigenvalue weighted by Crippen LogP contribution is 2.19. The van der Waals surface area contributed by atoms with Gasteiger partial charge in [0, 0.05) is 19.0 Å². The van der Waals surface area contributed by atoms with E-state index in [0.717, 1.165) is 0 Å². The smallest absolute Gasteiger partial charge is 0.409 e. The molecule has 5 nitrogen and oxygen atoms in total. The molecule has 0 aliphatic rings. The first-order valence-electron chi connectivity index (χ1n) is 4.22. The fourth-order valence-corrected chi connectivity index (χ4v) is 0.855. The van der Waals surface area contributed by atoms with Crippen molar-refractivity contribution >= 4 is 5.84 Å². The second kappa shape index (κ2) is 5.76. The van der Waals surface area contributed by atoms with E-state index in [4.69, 9.17) is 16.0 Å². The molecule has 90 valence electrons. The van der Waals surface area contributed by atoms with Crippen molar-refractivity contribution in [1.29, 1.82) is 0 Å². The minimum atomic E-state index is -4.64. The number of amidine groups is 1. The zero-order valence-corrected chi connectivity index (χ0v) is 8.12. The highest BCUT2D eigenvalue weighted by molar-refractivity contribution is 5.80. The first kappa shape index (κ1) is 14.0. The van der Waals surface area contributed by atoms with Crippen LogP contribution in [0.4, 0.5) is 13.2 Å². The molecule has 0 radical (unpaired) electrons. The molecule has 0 amide bonds. The Kier molecular flexibility index (Phi) is 5.37. The van der Waals surface area contributed by atoms with Crippen molar-refractivity contribution in [2.24, 2.45) is 10.9 Å². The summed E-state index contributed by atoms with van der Waals surface area (Å²) in [4.78, 5) is 0. The summed E-state index contributed by atoms with van der Waals surface area (Å²) in [6.07, 6.45) is -6.95. The maximum Gasteiger partial charge on any atom is 0.415 e. The van der Waals surface area contributed by atoms with E-state index >= 15 is 0 Å². The Bertz CT molecular complexity index is 220. The number of nitrogens with two attached hydrogens (primary N) is 1. The summed E-state index contributed by atoms with van der Waals surface area (Å²) >= 11 is 0. The fourth-order valence-electron chi connectivity index (χ4n) is 0.855. The van der Waals surface area contributed by atoms with Crippen molar-refractivity contribution in [1.82, 2.24) is 5.32 Å². The van der Waals surface area contributed by atoms with Crippen molar-refractivity contribution in [3.8, 4) is 0 Å². The van der Waals surface area contributed by atoms with Gasteiger partial charge in [0.1, 0.15) is 5.84 Å². The summed E-state index contributed by atoms with van der Waals surface area (Å²) < 4.78 is 35.5. The van der Waals surface area contributed by atoms with E-state index in [1.54, 1.807) is 6.92 Å². The predicted octanol–water partition coefficient (Wildman–Crippen LogP) is 0.0242. The minimum Gasteiger partial charge on any atom is -0.409 e. The van der Waals surface area contributed by atoms with Crippen LogP contribution in [0.15, 0.2) is 5.16 Å². The van der Waals surface area contributed by atoms with E-state index in [0.29, 0.717) is 0 Å². The maximum absolute atomic E-state index is 11.8. The van der Waals surface area contributed by atoms with Gasteiger partial charge in [-0.05, 0) is 6.92 Å². The Hall–Kier alpha value is -1.02. The third kappa shape index (κ3) is 6.13. The van der Waals surface area contributed by atoms with E-state index in [2.05, 4.69) is 10.5 Å². The average Bonchev–Trinajstić information content (AvgIpc) is 2.12. The van der Waals surface area contributed by atoms with Crippen LogP contribution in [-0.4, -0.2) is 41.0 Å². The van der Waals surface area contributed by atoms with Crippen LogP contribution in [0.5, 0.6) is 0 Å². The van der Waals surface area contributed by atoms with Crippen molar-refractivity contribution in [2.45, 2.75) is 31.7 Å². The first-order valence-corrected chi connectivity index (χ1v) is 4.22. The molecular weight excluding hydrogens is 215 g/mol. The second-order valence-corrected chi connectivity index (χ2v) is 3.16. The SMILES string of the molecule is CC(CC(N)=NO)NCC(O)C(F)(F)F. The van der Waals surface area contributed by atoms with Gasteiger partial charge in [-0.2, -0.15) is 13.2 Å². The van der Waals surface area contributed by atoms with Gasteiger partial charge in [-0.1, -0.05) is 5.16 Å². The molecule has 0 saturated carbocycles. The molecule has 0 fully saturated rings. The summed E-state index contributed by atoms with van der Waals surface area (Å²) in [5.74, 6) is -0.0866. The van der Waals surface area contributed by atoms with Gasteiger partial charge in [-0.15, -0.1) is 0 Å². The minimum absolute atomic E-state index is 0.0866. The highest BCUT2D eigenvalue weighted by atomic mass is 19.4. The second-order valence-electron chi connectivity index (χ2n) is 3.16. The van der Waals surface area contributed by atoms with E-state index < -0.39 is 24.9 Å². The quantitative estimate of drug-likeness (QED) is 0.231. The first-order chi connectivity index (χ1) is 6.77. The van der Waals surface area contributed by atoms with Crippen LogP contribution in [-0.2, 0) is 0 Å². The van der Waals surface area contributed by atoms with Gasteiger partial charge in [0.25, 0.3) is 0 Å². The van der Waals surface area contributed by atoms with E-state index in [-0.39, 0.29) is 12.3 Å². The third-order valence-electron chi connectivity index (χ3n) is 1.68. The van der Waals surface area contributed by atoms with Gasteiger partial charge >= 0.3 is 6.18 Å². The molecule has 15 heavy (non-hydrogen) atoms. The number of hydrogen-bond acceptors (Lipinski definition) is 4. The van der Waals surface area contributed by atoms with Crippen molar-refractivity contribution in [2.75, 3.05) is 6.54 Å². The Morgan fingerprint density at radius 1 is 1.53 bits per heavy atom. The number of halogens is 3. The van der Waals surface area contributed by atoms with Gasteiger partial charge in [0.05, 0.1) is 0 Å². The van der Waals surface area contributed by atoms with E-state index in [1.165, 1.54) is 0 Å². The number of alkyl halides is 3. The van der Waals surface area contributed by atoms with Crippen LogP contribution in [0.2, 0.25) is 0 Å². The molecule has 0 rings (SSSR count). The highest BCUT2D eigenvalue weighted by Gasteiger charge is 2.37. The van der Waals surface area contributed by atoms with Crippen LogP contribution in [0.3, 0.4) is 0 Å². The van der Waals surface area contributed by atoms with Crippen molar-refractivity contribution in [3.63, 3.8) is 0 Å². The molecular formula is C7H14F3N3O2. The maximum atomic E-state index is 11.8. The lowest BCUT2D eigenvalue weighted by Gasteiger charge is -2.18. The molecule has 0 bridgehead atoms. The van der Waals surface area contributed by atoms with E-state index in [1.807, 2.05) is 0 Å². The Morgan fingerprint density at radius 3 is 2.47 bits per heavy atom. The largest absolute Gasteiger partial charge is 0.415 e. The monoisotopic (exact) mass is 229 g/mol. The normalized spacial score (nSPS) is 17.5. The molecule has 0 aliphatic heterocycles. The van der Waals surface area contributed by atoms with Gasteiger partial charge in [-0.3, -0.25) is 0 Å². The number of rotatable bonds is 5. The molecule has 8 heteroatoms. The molecule has 2 unspecified atom stereocenters. The van der Waals surface area contributed by atoms with Crippen molar-refractivity contribution < 1.29 is 23.5 Å². The van der Waals surface area contributed by atoms with Gasteiger partial charge in [-0.25, -0.2) is 0 Å². The summed E-state index contributed by atoms with van der Waals surface area (Å²) in [6, 6.07) is -0.419. The van der Waals surface area contributed by atoms with Crippen LogP contribution < -0.4 is 11.1 Å². The lowest BCUT2D eigenvalue weighted by atomic mass is 10.2. The summed E-state index contributed by atoms with van der Waals surface area (Å²) in [5, 5.41) is 21.9. The lowest BCUT2D eigenvalue weighted by molar-refractivity contribution is -0.202. The summed E-state index contributed by atoms with van der Waals surface area (Å²) in [5.41, 5.74) is 5.14. The number of nitrogens with zero attached hydrogens (tertiary/aromatic N) is 1. The number of oxime groups is 1. The van der Waals surface area contributed by atoms with Crippen LogP contribution in [0.1, 0.15) is 13.3 Å². The van der Waals surface area contributed by atoms with Crippen molar-refractivity contribution in [3.05, 3.63) is 0 Å². The molecule has 0 aliphatic carbocycles. The Morgan fingerprint density at radius 2 is 2.07 bits per heavy atom. The van der Waals surface area contributed by atoms with E-state index in [9.17, 15) is 13.2 Å². The molecule has 2 atom stereocenters. The standard InChI is InChI=1S/C7H14F3N3O2/c1-4(2-6(11)13-15)12-3-5(14)7(8,9)10/h4-5,12,14-15H,2-3H2,1H3,(H2,11,13). The molecule has 0 aromatic heterocycles. The fraction of sp³-hybridized carbons (Fsp3) is 0.857. The van der Waals surface area contributed by atoms with Gasteiger partial charge in [0.2, 0.25) is 0 Å². The molecule has 0 aromatic carbocycles. The number of aliphatic hydroxyl groups excluding tert-OH is 1. The molecule has 0 heterocycles. The Balaban J connectivity index is 3.86. The molecule has 0 saturated heterocycles. The van der Waals surface area contributed by atoms with Crippen LogP contribution in [0.25, 0.3) is 0 Å². The average molecular weight is 229 g/mol. The number of hydrogen-bond donors (Lipinski definition) is 4. The number of aliphatic hydroxyl groups is 1. The van der Waals surface area contributed by atoms with Crippen LogP contribution >= 0.6 is 0 Å². The molecule has 5 N–H and O–H groups in total. The van der Waals surface area contributed by atoms with Crippen LogP contribution in [0, 0.1) is 0 Å².